The molecule has 2 aromatic carbocycles. The molecule has 0 bridgehead atoms. The molecular weight excluding hydrogens is 384 g/mol. The number of fused-ring (bicyclic) bond motifs is 3. The minimum atomic E-state index is -0.636. The largest absolute Gasteiger partial charge is 0.439 e. The number of hydrogen-bond acceptors (Lipinski definition) is 5. The van der Waals surface area contributed by atoms with Crippen LogP contribution in [-0.4, -0.2) is 0 Å². The monoisotopic (exact) mass is 394 g/mol. The number of hydrogen-bond donors (Lipinski definition) is 1. The van der Waals surface area contributed by atoms with Gasteiger partial charge in [0.25, 0.3) is 0 Å². The molecule has 122 valence electrons. The van der Waals surface area contributed by atoms with Crippen LogP contribution < -0.4 is 16.1 Å². The number of nitrogens with two attached hydrogens (primary N) is 1. The van der Waals surface area contributed by atoms with Crippen molar-refractivity contribution in [3.05, 3.63) is 86.0 Å². The van der Waals surface area contributed by atoms with Crippen molar-refractivity contribution in [3.63, 3.8) is 0 Å². The first-order valence-corrected chi connectivity index (χ1v) is 8.28. The van der Waals surface area contributed by atoms with Crippen LogP contribution in [0.4, 0.5) is 0 Å². The van der Waals surface area contributed by atoms with Gasteiger partial charge in [0.05, 0.1) is 16.9 Å². The van der Waals surface area contributed by atoms with Crippen molar-refractivity contribution >= 4 is 26.9 Å². The zero-order valence-electron chi connectivity index (χ0n) is 12.8. The van der Waals surface area contributed by atoms with Gasteiger partial charge in [-0.05, 0) is 29.8 Å². The second kappa shape index (κ2) is 5.80. The fourth-order valence-electron chi connectivity index (χ4n) is 3.05. The first kappa shape index (κ1) is 15.5. The highest BCUT2D eigenvalue weighted by molar-refractivity contribution is 9.10. The molecule has 3 aromatic rings. The van der Waals surface area contributed by atoms with Gasteiger partial charge in [0.1, 0.15) is 17.2 Å². The van der Waals surface area contributed by atoms with Crippen molar-refractivity contribution in [1.82, 2.24) is 0 Å². The predicted octanol–water partition coefficient (Wildman–Crippen LogP) is 3.77. The Kier molecular flexibility index (Phi) is 3.59. The zero-order valence-corrected chi connectivity index (χ0v) is 14.4. The molecule has 2 N–H and O–H groups in total. The van der Waals surface area contributed by atoms with Crippen molar-refractivity contribution in [2.75, 3.05) is 0 Å². The summed E-state index contributed by atoms with van der Waals surface area (Å²) in [5.74, 6) is -0.294. The van der Waals surface area contributed by atoms with E-state index < -0.39 is 11.5 Å². The third kappa shape index (κ3) is 2.41. The molecule has 0 aliphatic carbocycles. The standard InChI is InChI=1S/C19H11BrN2O3/c20-11-7-5-10(6-8-11)15-13(9-21)18(22)25-17-12-3-1-2-4-14(12)24-19(23)16(15)17/h1-8,15H,22H2. The normalized spacial score (nSPS) is 16.2. The second-order valence-electron chi connectivity index (χ2n) is 5.60. The fraction of sp³-hybridized carbons (Fsp3) is 0.0526. The highest BCUT2D eigenvalue weighted by atomic mass is 79.9. The molecular formula is C19H11BrN2O3. The Morgan fingerprint density at radius 2 is 1.84 bits per heavy atom. The molecule has 0 spiro atoms. The minimum Gasteiger partial charge on any atom is -0.439 e. The number of halogens is 1. The van der Waals surface area contributed by atoms with Gasteiger partial charge in [0, 0.05) is 4.47 Å². The molecule has 1 unspecified atom stereocenters. The van der Waals surface area contributed by atoms with Crippen molar-refractivity contribution in [2.45, 2.75) is 5.92 Å². The van der Waals surface area contributed by atoms with Gasteiger partial charge in [0.15, 0.2) is 5.75 Å². The summed E-state index contributed by atoms with van der Waals surface area (Å²) in [6.07, 6.45) is 0. The van der Waals surface area contributed by atoms with Crippen LogP contribution >= 0.6 is 15.9 Å². The molecule has 1 atom stereocenters. The summed E-state index contributed by atoms with van der Waals surface area (Å²) in [6, 6.07) is 16.5. The van der Waals surface area contributed by atoms with Crippen LogP contribution in [0.15, 0.2) is 73.7 Å². The smallest absolute Gasteiger partial charge is 0.344 e. The Morgan fingerprint density at radius 3 is 2.56 bits per heavy atom. The molecule has 0 fully saturated rings. The summed E-state index contributed by atoms with van der Waals surface area (Å²) in [6.45, 7) is 0. The van der Waals surface area contributed by atoms with Crippen LogP contribution in [0.2, 0.25) is 0 Å². The number of benzene rings is 2. The molecule has 1 aliphatic heterocycles. The van der Waals surface area contributed by atoms with Gasteiger partial charge in [-0.2, -0.15) is 5.26 Å². The van der Waals surface area contributed by atoms with Crippen LogP contribution in [0, 0.1) is 11.3 Å². The summed E-state index contributed by atoms with van der Waals surface area (Å²) in [5.41, 5.74) is 7.10. The van der Waals surface area contributed by atoms with Crippen LogP contribution in [0.5, 0.6) is 5.75 Å². The van der Waals surface area contributed by atoms with E-state index in [2.05, 4.69) is 22.0 Å². The molecule has 0 radical (unpaired) electrons. The van der Waals surface area contributed by atoms with Gasteiger partial charge < -0.3 is 14.9 Å². The summed E-state index contributed by atoms with van der Waals surface area (Å²) in [5, 5.41) is 10.2. The van der Waals surface area contributed by atoms with Gasteiger partial charge in [-0.3, -0.25) is 0 Å². The molecule has 0 saturated carbocycles. The van der Waals surface area contributed by atoms with Crippen LogP contribution in [-0.2, 0) is 0 Å². The van der Waals surface area contributed by atoms with E-state index in [1.54, 1.807) is 18.2 Å². The molecule has 6 heteroatoms. The molecule has 1 aromatic heterocycles. The second-order valence-corrected chi connectivity index (χ2v) is 6.52. The molecule has 0 amide bonds. The van der Waals surface area contributed by atoms with Gasteiger partial charge in [-0.1, -0.05) is 40.2 Å². The zero-order chi connectivity index (χ0) is 17.6. The van der Waals surface area contributed by atoms with Crippen molar-refractivity contribution in [3.8, 4) is 11.8 Å². The number of rotatable bonds is 1. The number of ether oxygens (including phenoxy) is 1. The highest BCUT2D eigenvalue weighted by Crippen LogP contribution is 2.43. The molecule has 0 saturated heterocycles. The van der Waals surface area contributed by atoms with E-state index in [0.29, 0.717) is 16.7 Å². The fourth-order valence-corrected chi connectivity index (χ4v) is 3.32. The van der Waals surface area contributed by atoms with E-state index >= 15 is 0 Å². The van der Waals surface area contributed by atoms with Gasteiger partial charge in [-0.25, -0.2) is 4.79 Å². The number of nitriles is 1. The Balaban J connectivity index is 2.08. The number of allylic oxidation sites excluding steroid dienone is 1. The Labute approximate surface area is 151 Å². The van der Waals surface area contributed by atoms with Crippen molar-refractivity contribution in [1.29, 1.82) is 5.26 Å². The lowest BCUT2D eigenvalue weighted by atomic mass is 9.84. The maximum atomic E-state index is 12.7. The first-order chi connectivity index (χ1) is 12.1. The van der Waals surface area contributed by atoms with Gasteiger partial charge in [0.2, 0.25) is 5.88 Å². The molecule has 25 heavy (non-hydrogen) atoms. The SMILES string of the molecule is N#CC1=C(N)Oc2c(c(=O)oc3ccccc23)C1c1ccc(Br)cc1. The van der Waals surface area contributed by atoms with E-state index in [1.807, 2.05) is 30.3 Å². The molecule has 1 aliphatic rings. The lowest BCUT2D eigenvalue weighted by Gasteiger charge is -2.25. The topological polar surface area (TPSA) is 89.3 Å². The number of para-hydroxylation sites is 1. The van der Waals surface area contributed by atoms with Crippen LogP contribution in [0.3, 0.4) is 0 Å². The average Bonchev–Trinajstić information content (AvgIpc) is 2.61. The summed E-state index contributed by atoms with van der Waals surface area (Å²) in [4.78, 5) is 12.7. The van der Waals surface area contributed by atoms with E-state index in [9.17, 15) is 10.1 Å². The highest BCUT2D eigenvalue weighted by Gasteiger charge is 2.35. The third-order valence-corrected chi connectivity index (χ3v) is 4.71. The molecule has 5 nitrogen and oxygen atoms in total. The summed E-state index contributed by atoms with van der Waals surface area (Å²) in [7, 11) is 0. The van der Waals surface area contributed by atoms with Crippen molar-refractivity contribution < 1.29 is 9.15 Å². The van der Waals surface area contributed by atoms with Gasteiger partial charge >= 0.3 is 5.63 Å². The Hall–Kier alpha value is -3.04. The van der Waals surface area contributed by atoms with E-state index in [4.69, 9.17) is 14.9 Å². The average molecular weight is 395 g/mol. The predicted molar refractivity (Wildman–Crippen MR) is 95.9 cm³/mol. The quantitative estimate of drug-likeness (QED) is 0.634. The van der Waals surface area contributed by atoms with E-state index in [1.165, 1.54) is 0 Å². The van der Waals surface area contributed by atoms with E-state index in [-0.39, 0.29) is 17.0 Å². The molecule has 2 heterocycles. The number of nitrogens with zero attached hydrogens (tertiary/aromatic N) is 1. The van der Waals surface area contributed by atoms with Gasteiger partial charge in [-0.15, -0.1) is 0 Å². The lowest BCUT2D eigenvalue weighted by Crippen LogP contribution is -2.26. The summed E-state index contributed by atoms with van der Waals surface area (Å²) >= 11 is 3.39. The Morgan fingerprint density at radius 1 is 1.12 bits per heavy atom. The van der Waals surface area contributed by atoms with Crippen LogP contribution in [0.25, 0.3) is 11.0 Å². The van der Waals surface area contributed by atoms with Crippen LogP contribution in [0.1, 0.15) is 17.0 Å². The molecule has 4 rings (SSSR count). The lowest BCUT2D eigenvalue weighted by molar-refractivity contribution is 0.388. The Bertz CT molecular complexity index is 1120. The van der Waals surface area contributed by atoms with Crippen molar-refractivity contribution in [2.24, 2.45) is 5.73 Å². The first-order valence-electron chi connectivity index (χ1n) is 7.49. The third-order valence-electron chi connectivity index (χ3n) is 4.18. The maximum Gasteiger partial charge on any atom is 0.344 e. The maximum absolute atomic E-state index is 12.7. The summed E-state index contributed by atoms with van der Waals surface area (Å²) < 4.78 is 12.0. The minimum absolute atomic E-state index is 0.00123. The van der Waals surface area contributed by atoms with E-state index in [0.717, 1.165) is 10.0 Å².